The molecule has 2 aliphatic heterocycles. The van der Waals surface area contributed by atoms with Crippen LogP contribution < -0.4 is 5.32 Å². The Bertz CT molecular complexity index is 628. The van der Waals surface area contributed by atoms with Crippen molar-refractivity contribution >= 4 is 17.4 Å². The molecule has 7 heteroatoms. The number of hydrogen-bond donors (Lipinski definition) is 1. The molecule has 0 radical (unpaired) electrons. The molecule has 1 N–H and O–H groups in total. The fourth-order valence-electron chi connectivity index (χ4n) is 3.64. The maximum atomic E-state index is 12.4. The summed E-state index contributed by atoms with van der Waals surface area (Å²) in [5.74, 6) is 0. The maximum absolute atomic E-state index is 12.4. The van der Waals surface area contributed by atoms with Crippen LogP contribution in [-0.4, -0.2) is 53.0 Å². The van der Waals surface area contributed by atoms with Crippen molar-refractivity contribution in [1.82, 2.24) is 9.80 Å². The molecule has 2 fully saturated rings. The first-order valence-electron chi connectivity index (χ1n) is 8.65. The molecule has 1 aromatic carbocycles. The van der Waals surface area contributed by atoms with Gasteiger partial charge in [0.25, 0.3) is 5.69 Å². The van der Waals surface area contributed by atoms with Crippen LogP contribution in [0.3, 0.4) is 0 Å². The number of hydrogen-bond acceptors (Lipinski definition) is 4. The number of amides is 2. The molecule has 0 spiro atoms. The van der Waals surface area contributed by atoms with Gasteiger partial charge in [-0.05, 0) is 44.8 Å². The zero-order valence-electron chi connectivity index (χ0n) is 14.0. The van der Waals surface area contributed by atoms with Gasteiger partial charge in [-0.1, -0.05) is 13.0 Å². The Hall–Kier alpha value is -2.15. The minimum atomic E-state index is -0.395. The van der Waals surface area contributed by atoms with E-state index in [-0.39, 0.29) is 11.7 Å². The summed E-state index contributed by atoms with van der Waals surface area (Å²) >= 11 is 0. The van der Waals surface area contributed by atoms with Crippen molar-refractivity contribution < 1.29 is 9.72 Å². The number of urea groups is 1. The molecule has 1 atom stereocenters. The Morgan fingerprint density at radius 3 is 2.75 bits per heavy atom. The summed E-state index contributed by atoms with van der Waals surface area (Å²) in [5, 5.41) is 13.9. The second kappa shape index (κ2) is 7.17. The SMILES string of the molecule is CCc1ccc(NC(=O)N2CC[C@H](N3CCCC3)C2)cc1[N+](=O)[O-]. The van der Waals surface area contributed by atoms with Crippen LogP contribution >= 0.6 is 0 Å². The monoisotopic (exact) mass is 332 g/mol. The van der Waals surface area contributed by atoms with E-state index in [1.165, 1.54) is 18.9 Å². The Labute approximate surface area is 141 Å². The molecule has 0 unspecified atom stereocenters. The number of anilines is 1. The highest BCUT2D eigenvalue weighted by Gasteiger charge is 2.31. The van der Waals surface area contributed by atoms with Crippen molar-refractivity contribution in [2.75, 3.05) is 31.5 Å². The smallest absolute Gasteiger partial charge is 0.321 e. The van der Waals surface area contributed by atoms with E-state index in [0.717, 1.165) is 32.6 Å². The van der Waals surface area contributed by atoms with Crippen molar-refractivity contribution in [2.45, 2.75) is 38.6 Å². The molecule has 0 aliphatic carbocycles. The minimum Gasteiger partial charge on any atom is -0.323 e. The van der Waals surface area contributed by atoms with E-state index < -0.39 is 4.92 Å². The van der Waals surface area contributed by atoms with Crippen LogP contribution in [0.4, 0.5) is 16.2 Å². The van der Waals surface area contributed by atoms with Gasteiger partial charge in [0.15, 0.2) is 0 Å². The van der Waals surface area contributed by atoms with E-state index in [1.807, 2.05) is 11.8 Å². The molecule has 7 nitrogen and oxygen atoms in total. The maximum Gasteiger partial charge on any atom is 0.321 e. The van der Waals surface area contributed by atoms with E-state index in [0.29, 0.717) is 23.7 Å². The summed E-state index contributed by atoms with van der Waals surface area (Å²) in [7, 11) is 0. The highest BCUT2D eigenvalue weighted by Crippen LogP contribution is 2.25. The average Bonchev–Trinajstić information content (AvgIpc) is 3.25. The number of rotatable bonds is 4. The Balaban J connectivity index is 1.62. The van der Waals surface area contributed by atoms with Gasteiger partial charge in [0, 0.05) is 36.4 Å². The predicted molar refractivity (Wildman–Crippen MR) is 92.3 cm³/mol. The molecule has 24 heavy (non-hydrogen) atoms. The number of carbonyl (C=O) groups excluding carboxylic acids is 1. The van der Waals surface area contributed by atoms with Gasteiger partial charge in [0.1, 0.15) is 0 Å². The number of nitro groups is 1. The second-order valence-corrected chi connectivity index (χ2v) is 6.52. The lowest BCUT2D eigenvalue weighted by Gasteiger charge is -2.23. The van der Waals surface area contributed by atoms with Crippen molar-refractivity contribution in [2.24, 2.45) is 0 Å². The van der Waals surface area contributed by atoms with E-state index in [1.54, 1.807) is 12.1 Å². The first kappa shape index (κ1) is 16.7. The summed E-state index contributed by atoms with van der Waals surface area (Å²) in [5.41, 5.74) is 1.22. The number of nitrogens with one attached hydrogen (secondary N) is 1. The topological polar surface area (TPSA) is 78.7 Å². The molecule has 2 heterocycles. The Morgan fingerprint density at radius 2 is 2.08 bits per heavy atom. The molecule has 3 rings (SSSR count). The zero-order valence-corrected chi connectivity index (χ0v) is 14.0. The molecule has 0 bridgehead atoms. The van der Waals surface area contributed by atoms with Gasteiger partial charge in [0.2, 0.25) is 0 Å². The molecule has 2 amide bonds. The highest BCUT2D eigenvalue weighted by atomic mass is 16.6. The summed E-state index contributed by atoms with van der Waals surface area (Å²) in [6, 6.07) is 5.18. The van der Waals surface area contributed by atoms with Crippen LogP contribution in [0.2, 0.25) is 0 Å². The lowest BCUT2D eigenvalue weighted by atomic mass is 10.1. The lowest BCUT2D eigenvalue weighted by Crippen LogP contribution is -2.38. The summed E-state index contributed by atoms with van der Waals surface area (Å²) in [4.78, 5) is 27.5. The van der Waals surface area contributed by atoms with E-state index >= 15 is 0 Å². The molecule has 1 aromatic rings. The largest absolute Gasteiger partial charge is 0.323 e. The van der Waals surface area contributed by atoms with Crippen LogP contribution in [0.1, 0.15) is 31.7 Å². The van der Waals surface area contributed by atoms with Gasteiger partial charge in [-0.2, -0.15) is 0 Å². The van der Waals surface area contributed by atoms with E-state index in [2.05, 4.69) is 10.2 Å². The molecule has 130 valence electrons. The fourth-order valence-corrected chi connectivity index (χ4v) is 3.64. The minimum absolute atomic E-state index is 0.0617. The third-order valence-electron chi connectivity index (χ3n) is 5.02. The number of nitrogens with zero attached hydrogens (tertiary/aromatic N) is 3. The number of aryl methyl sites for hydroxylation is 1. The van der Waals surface area contributed by atoms with Crippen molar-refractivity contribution in [1.29, 1.82) is 0 Å². The van der Waals surface area contributed by atoms with Crippen LogP contribution in [0.25, 0.3) is 0 Å². The number of likely N-dealkylation sites (tertiary alicyclic amines) is 2. The molecule has 2 aliphatic rings. The molecule has 0 aromatic heterocycles. The predicted octanol–water partition coefficient (Wildman–Crippen LogP) is 2.86. The summed E-state index contributed by atoms with van der Waals surface area (Å²) in [6.45, 7) is 5.61. The quantitative estimate of drug-likeness (QED) is 0.679. The van der Waals surface area contributed by atoms with Gasteiger partial charge in [-0.25, -0.2) is 4.79 Å². The van der Waals surface area contributed by atoms with Crippen LogP contribution in [-0.2, 0) is 6.42 Å². The van der Waals surface area contributed by atoms with Crippen molar-refractivity contribution in [3.8, 4) is 0 Å². The van der Waals surface area contributed by atoms with Gasteiger partial charge < -0.3 is 10.2 Å². The number of benzene rings is 1. The lowest BCUT2D eigenvalue weighted by molar-refractivity contribution is -0.385. The van der Waals surface area contributed by atoms with Gasteiger partial charge in [-0.3, -0.25) is 15.0 Å². The van der Waals surface area contributed by atoms with Crippen molar-refractivity contribution in [3.05, 3.63) is 33.9 Å². The third-order valence-corrected chi connectivity index (χ3v) is 5.02. The normalized spacial score (nSPS) is 21.2. The number of nitro benzene ring substituents is 1. The average molecular weight is 332 g/mol. The van der Waals surface area contributed by atoms with Crippen LogP contribution in [0.15, 0.2) is 18.2 Å². The number of carbonyl (C=O) groups is 1. The first-order valence-corrected chi connectivity index (χ1v) is 8.65. The van der Waals surface area contributed by atoms with Gasteiger partial charge in [0.05, 0.1) is 4.92 Å². The molecular formula is C17H24N4O3. The van der Waals surface area contributed by atoms with Gasteiger partial charge >= 0.3 is 6.03 Å². The Kier molecular flexibility index (Phi) is 4.99. The Morgan fingerprint density at radius 1 is 1.33 bits per heavy atom. The molecule has 0 saturated carbocycles. The fraction of sp³-hybridized carbons (Fsp3) is 0.588. The van der Waals surface area contributed by atoms with Gasteiger partial charge in [-0.15, -0.1) is 0 Å². The second-order valence-electron chi connectivity index (χ2n) is 6.52. The molecular weight excluding hydrogens is 308 g/mol. The third kappa shape index (κ3) is 3.51. The van der Waals surface area contributed by atoms with Crippen LogP contribution in [0, 0.1) is 10.1 Å². The summed E-state index contributed by atoms with van der Waals surface area (Å²) < 4.78 is 0. The summed E-state index contributed by atoms with van der Waals surface area (Å²) in [6.07, 6.45) is 4.09. The van der Waals surface area contributed by atoms with Crippen molar-refractivity contribution in [3.63, 3.8) is 0 Å². The molecule has 2 saturated heterocycles. The highest BCUT2D eigenvalue weighted by molar-refractivity contribution is 5.90. The standard InChI is InChI=1S/C17H24N4O3/c1-2-13-5-6-14(11-16(13)21(23)24)18-17(22)20-10-7-15(12-20)19-8-3-4-9-19/h5-6,11,15H,2-4,7-10,12H2,1H3,(H,18,22)/t15-/m0/s1. The van der Waals surface area contributed by atoms with E-state index in [9.17, 15) is 14.9 Å². The van der Waals surface area contributed by atoms with E-state index in [4.69, 9.17) is 0 Å². The zero-order chi connectivity index (χ0) is 17.1. The van der Waals surface area contributed by atoms with Crippen LogP contribution in [0.5, 0.6) is 0 Å². The first-order chi connectivity index (χ1) is 11.6.